The minimum Gasteiger partial charge on any atom is -0.313 e. The van der Waals surface area contributed by atoms with Crippen molar-refractivity contribution in [3.63, 3.8) is 0 Å². The van der Waals surface area contributed by atoms with E-state index in [1.165, 1.54) is 22.2 Å². The minimum absolute atomic E-state index is 0.961. The summed E-state index contributed by atoms with van der Waals surface area (Å²) in [6.45, 7) is 0. The molecule has 0 atom stereocenters. The largest absolute Gasteiger partial charge is 0.313 e. The Hall–Kier alpha value is -3.33. The van der Waals surface area contributed by atoms with Crippen LogP contribution in [0.4, 0.5) is 0 Å². The van der Waals surface area contributed by atoms with Gasteiger partial charge in [0.15, 0.2) is 0 Å². The second-order valence-corrected chi connectivity index (χ2v) is 6.29. The molecule has 2 aromatic heterocycles. The van der Waals surface area contributed by atoms with E-state index in [1.807, 2.05) is 6.07 Å². The van der Waals surface area contributed by atoms with Crippen LogP contribution in [-0.2, 0) is 7.05 Å². The van der Waals surface area contributed by atoms with Crippen molar-refractivity contribution in [2.45, 2.75) is 0 Å². The molecule has 0 bridgehead atoms. The molecule has 5 rings (SSSR count). The van der Waals surface area contributed by atoms with E-state index in [0.717, 1.165) is 17.0 Å². The van der Waals surface area contributed by atoms with E-state index in [4.69, 9.17) is 4.98 Å². The zero-order valence-corrected chi connectivity index (χ0v) is 13.9. The zero-order valence-electron chi connectivity index (χ0n) is 13.9. The van der Waals surface area contributed by atoms with Gasteiger partial charge in [0.1, 0.15) is 0 Å². The Labute approximate surface area is 145 Å². The van der Waals surface area contributed by atoms with Gasteiger partial charge < -0.3 is 4.57 Å². The molecule has 0 radical (unpaired) electrons. The maximum atomic E-state index is 4.85. The monoisotopic (exact) mass is 323 g/mol. The lowest BCUT2D eigenvalue weighted by Crippen LogP contribution is -1.88. The van der Waals surface area contributed by atoms with E-state index >= 15 is 0 Å². The Kier molecular flexibility index (Phi) is 3.01. The molecule has 0 amide bonds. The number of imidazole rings is 2. The Morgan fingerprint density at radius 1 is 0.640 bits per heavy atom. The quantitative estimate of drug-likeness (QED) is 0.440. The number of benzene rings is 3. The summed E-state index contributed by atoms with van der Waals surface area (Å²) in [5.74, 6) is 0.961. The van der Waals surface area contributed by atoms with Crippen LogP contribution in [0.5, 0.6) is 0 Å². The Morgan fingerprint density at radius 3 is 2.00 bits per heavy atom. The fourth-order valence-electron chi connectivity index (χ4n) is 3.45. The summed E-state index contributed by atoms with van der Waals surface area (Å²) < 4.78 is 4.30. The third kappa shape index (κ3) is 2.17. The predicted molar refractivity (Wildman–Crippen MR) is 103 cm³/mol. The highest BCUT2D eigenvalue weighted by atomic mass is 15.2. The molecule has 0 N–H and O–H groups in total. The first kappa shape index (κ1) is 14.1. The van der Waals surface area contributed by atoms with Gasteiger partial charge in [0, 0.05) is 18.8 Å². The van der Waals surface area contributed by atoms with Crippen molar-refractivity contribution in [2.24, 2.45) is 7.05 Å². The highest BCUT2D eigenvalue weighted by Gasteiger charge is 2.12. The number of fused-ring (bicyclic) bond motifs is 3. The van der Waals surface area contributed by atoms with Crippen LogP contribution in [0.15, 0.2) is 85.1 Å². The van der Waals surface area contributed by atoms with Crippen molar-refractivity contribution >= 4 is 16.8 Å². The molecule has 25 heavy (non-hydrogen) atoms. The highest BCUT2D eigenvalue weighted by Crippen LogP contribution is 2.27. The molecular weight excluding hydrogens is 306 g/mol. The summed E-state index contributed by atoms with van der Waals surface area (Å²) >= 11 is 0. The van der Waals surface area contributed by atoms with E-state index in [2.05, 4.69) is 95.0 Å². The van der Waals surface area contributed by atoms with Gasteiger partial charge in [-0.2, -0.15) is 0 Å². The summed E-state index contributed by atoms with van der Waals surface area (Å²) in [5.41, 5.74) is 6.95. The van der Waals surface area contributed by atoms with Crippen LogP contribution in [0.25, 0.3) is 39.2 Å². The summed E-state index contributed by atoms with van der Waals surface area (Å²) in [6, 6.07) is 27.4. The smallest absolute Gasteiger partial charge is 0.215 e. The van der Waals surface area contributed by atoms with Crippen molar-refractivity contribution < 1.29 is 0 Å². The molecule has 0 fully saturated rings. The number of hydrogen-bond donors (Lipinski definition) is 0. The first-order chi connectivity index (χ1) is 12.3. The molecule has 0 aliphatic carbocycles. The average Bonchev–Trinajstić information content (AvgIpc) is 3.23. The third-order valence-electron chi connectivity index (χ3n) is 4.78. The van der Waals surface area contributed by atoms with Gasteiger partial charge in [-0.25, -0.2) is 4.98 Å². The molecular formula is C22H17N3. The summed E-state index contributed by atoms with van der Waals surface area (Å²) in [4.78, 5) is 4.85. The number of aromatic nitrogens is 3. The van der Waals surface area contributed by atoms with Crippen molar-refractivity contribution in [1.29, 1.82) is 0 Å². The number of rotatable bonds is 2. The fourth-order valence-corrected chi connectivity index (χ4v) is 3.45. The lowest BCUT2D eigenvalue weighted by atomic mass is 10.0. The zero-order chi connectivity index (χ0) is 16.8. The van der Waals surface area contributed by atoms with Gasteiger partial charge in [-0.3, -0.25) is 4.40 Å². The van der Waals surface area contributed by atoms with Gasteiger partial charge >= 0.3 is 0 Å². The van der Waals surface area contributed by atoms with E-state index < -0.39 is 0 Å². The molecule has 0 aliphatic heterocycles. The second-order valence-electron chi connectivity index (χ2n) is 6.29. The Bertz CT molecular complexity index is 1180. The fraction of sp³-hybridized carbons (Fsp3) is 0.0455. The lowest BCUT2D eigenvalue weighted by molar-refractivity contribution is 0.970. The lowest BCUT2D eigenvalue weighted by Gasteiger charge is -2.03. The molecule has 2 heterocycles. The highest BCUT2D eigenvalue weighted by molar-refractivity contribution is 5.82. The van der Waals surface area contributed by atoms with Gasteiger partial charge in [0.2, 0.25) is 5.78 Å². The number of hydrogen-bond acceptors (Lipinski definition) is 1. The van der Waals surface area contributed by atoms with E-state index in [-0.39, 0.29) is 0 Å². The molecule has 0 spiro atoms. The number of nitrogens with zero attached hydrogens (tertiary/aromatic N) is 3. The SMILES string of the molecule is Cn1c2ccccc2n2cc(-c3ccc(-c4ccccc4)cc3)nc12. The molecule has 0 aliphatic rings. The van der Waals surface area contributed by atoms with Crippen LogP contribution >= 0.6 is 0 Å². The molecule has 120 valence electrons. The normalized spacial score (nSPS) is 11.4. The predicted octanol–water partition coefficient (Wildman–Crippen LogP) is 5.16. The Balaban J connectivity index is 1.60. The first-order valence-corrected chi connectivity index (χ1v) is 8.40. The summed E-state index contributed by atoms with van der Waals surface area (Å²) in [7, 11) is 2.06. The molecule has 3 heteroatoms. The number of para-hydroxylation sites is 2. The van der Waals surface area contributed by atoms with E-state index in [1.54, 1.807) is 0 Å². The van der Waals surface area contributed by atoms with Crippen LogP contribution in [0, 0.1) is 0 Å². The van der Waals surface area contributed by atoms with Gasteiger partial charge in [-0.1, -0.05) is 66.7 Å². The van der Waals surface area contributed by atoms with Crippen LogP contribution < -0.4 is 0 Å². The molecule has 3 nitrogen and oxygen atoms in total. The maximum Gasteiger partial charge on any atom is 0.215 e. The van der Waals surface area contributed by atoms with E-state index in [9.17, 15) is 0 Å². The second kappa shape index (κ2) is 5.35. The van der Waals surface area contributed by atoms with Crippen molar-refractivity contribution in [3.8, 4) is 22.4 Å². The molecule has 0 saturated carbocycles. The maximum absolute atomic E-state index is 4.85. The average molecular weight is 323 g/mol. The van der Waals surface area contributed by atoms with Gasteiger partial charge in [-0.15, -0.1) is 0 Å². The topological polar surface area (TPSA) is 22.2 Å². The first-order valence-electron chi connectivity index (χ1n) is 8.40. The van der Waals surface area contributed by atoms with Crippen molar-refractivity contribution in [1.82, 2.24) is 14.0 Å². The standard InChI is InChI=1S/C22H17N3/c1-24-20-9-5-6-10-21(20)25-15-19(23-22(24)25)18-13-11-17(12-14-18)16-7-3-2-4-8-16/h2-15H,1H3. The number of aryl methyl sites for hydroxylation is 1. The molecule has 0 saturated heterocycles. The minimum atomic E-state index is 0.961. The van der Waals surface area contributed by atoms with Gasteiger partial charge in [0.25, 0.3) is 0 Å². The van der Waals surface area contributed by atoms with Crippen LogP contribution in [-0.4, -0.2) is 14.0 Å². The molecule has 0 unspecified atom stereocenters. The van der Waals surface area contributed by atoms with E-state index in [0.29, 0.717) is 0 Å². The van der Waals surface area contributed by atoms with Crippen molar-refractivity contribution in [3.05, 3.63) is 85.1 Å². The van der Waals surface area contributed by atoms with Crippen LogP contribution in [0.2, 0.25) is 0 Å². The van der Waals surface area contributed by atoms with Crippen LogP contribution in [0.3, 0.4) is 0 Å². The molecule has 5 aromatic rings. The summed E-state index contributed by atoms with van der Waals surface area (Å²) in [6.07, 6.45) is 2.12. The van der Waals surface area contributed by atoms with Crippen molar-refractivity contribution in [2.75, 3.05) is 0 Å². The van der Waals surface area contributed by atoms with Gasteiger partial charge in [-0.05, 0) is 23.3 Å². The Morgan fingerprint density at radius 2 is 1.24 bits per heavy atom. The molecule has 3 aromatic carbocycles. The third-order valence-corrected chi connectivity index (χ3v) is 4.78. The van der Waals surface area contributed by atoms with Gasteiger partial charge in [0.05, 0.1) is 16.7 Å². The van der Waals surface area contributed by atoms with Crippen LogP contribution in [0.1, 0.15) is 0 Å². The summed E-state index contributed by atoms with van der Waals surface area (Å²) in [5, 5.41) is 0.